The molecular formula is C21H26N6O6. The SMILES string of the molecule is CCCn1c(=O)c2nc(-c3ccc(OCC(=O)O)cc3)n(CC(=O)NN)c2n(CCC)c1=O. The highest BCUT2D eigenvalue weighted by Gasteiger charge is 2.23. The number of nitrogens with zero attached hydrogens (tertiary/aromatic N) is 4. The van der Waals surface area contributed by atoms with E-state index in [9.17, 15) is 19.2 Å². The molecule has 1 aromatic carbocycles. The van der Waals surface area contributed by atoms with Gasteiger partial charge < -0.3 is 14.4 Å². The number of hydrogen-bond donors (Lipinski definition) is 3. The summed E-state index contributed by atoms with van der Waals surface area (Å²) in [4.78, 5) is 53.6. The zero-order valence-corrected chi connectivity index (χ0v) is 18.4. The van der Waals surface area contributed by atoms with Crippen molar-refractivity contribution in [2.24, 2.45) is 5.84 Å². The number of carbonyl (C=O) groups excluding carboxylic acids is 1. The van der Waals surface area contributed by atoms with Gasteiger partial charge in [0.15, 0.2) is 17.8 Å². The van der Waals surface area contributed by atoms with Gasteiger partial charge in [-0.05, 0) is 37.1 Å². The third-order valence-electron chi connectivity index (χ3n) is 4.94. The van der Waals surface area contributed by atoms with Crippen molar-refractivity contribution in [2.45, 2.75) is 46.3 Å². The van der Waals surface area contributed by atoms with Crippen molar-refractivity contribution in [3.05, 3.63) is 45.1 Å². The van der Waals surface area contributed by atoms with Crippen LogP contribution in [-0.4, -0.2) is 42.3 Å². The van der Waals surface area contributed by atoms with Gasteiger partial charge in [0.2, 0.25) is 0 Å². The molecule has 12 heteroatoms. The minimum absolute atomic E-state index is 0.0718. The number of fused-ring (bicyclic) bond motifs is 1. The monoisotopic (exact) mass is 458 g/mol. The van der Waals surface area contributed by atoms with E-state index in [2.05, 4.69) is 10.4 Å². The van der Waals surface area contributed by atoms with Gasteiger partial charge in [0.1, 0.15) is 18.1 Å². The number of aryl methyl sites for hydroxylation is 1. The fraction of sp³-hybridized carbons (Fsp3) is 0.381. The zero-order chi connectivity index (χ0) is 24.1. The number of carbonyl (C=O) groups is 2. The molecule has 2 aromatic heterocycles. The molecule has 0 atom stereocenters. The first-order valence-electron chi connectivity index (χ1n) is 10.5. The van der Waals surface area contributed by atoms with Gasteiger partial charge in [-0.1, -0.05) is 13.8 Å². The molecule has 176 valence electrons. The Morgan fingerprint density at radius 1 is 1.06 bits per heavy atom. The molecule has 0 saturated carbocycles. The average Bonchev–Trinajstić information content (AvgIpc) is 3.17. The Morgan fingerprint density at radius 2 is 1.70 bits per heavy atom. The number of nitrogens with one attached hydrogen (secondary N) is 1. The molecule has 0 unspecified atom stereocenters. The molecule has 0 spiro atoms. The van der Waals surface area contributed by atoms with Gasteiger partial charge in [0.25, 0.3) is 11.5 Å². The summed E-state index contributed by atoms with van der Waals surface area (Å²) in [6.45, 7) is 3.59. The van der Waals surface area contributed by atoms with Crippen molar-refractivity contribution in [3.63, 3.8) is 0 Å². The zero-order valence-electron chi connectivity index (χ0n) is 18.4. The van der Waals surface area contributed by atoms with Crippen LogP contribution in [0, 0.1) is 0 Å². The van der Waals surface area contributed by atoms with Crippen molar-refractivity contribution in [1.29, 1.82) is 0 Å². The number of benzene rings is 1. The topological polar surface area (TPSA) is 163 Å². The maximum Gasteiger partial charge on any atom is 0.341 e. The fourth-order valence-electron chi connectivity index (χ4n) is 3.56. The molecule has 3 rings (SSSR count). The summed E-state index contributed by atoms with van der Waals surface area (Å²) in [5.41, 5.74) is 1.92. The number of ether oxygens (including phenoxy) is 1. The van der Waals surface area contributed by atoms with Gasteiger partial charge >= 0.3 is 11.7 Å². The second kappa shape index (κ2) is 10.1. The van der Waals surface area contributed by atoms with E-state index >= 15 is 0 Å². The Balaban J connectivity index is 2.27. The quantitative estimate of drug-likeness (QED) is 0.222. The molecule has 0 bridgehead atoms. The summed E-state index contributed by atoms with van der Waals surface area (Å²) in [5.74, 6) is 4.26. The molecule has 0 aliphatic heterocycles. The minimum Gasteiger partial charge on any atom is -0.482 e. The minimum atomic E-state index is -1.11. The molecule has 12 nitrogen and oxygen atoms in total. The third kappa shape index (κ3) is 4.80. The molecule has 0 aliphatic carbocycles. The van der Waals surface area contributed by atoms with Crippen LogP contribution in [0.2, 0.25) is 0 Å². The number of hydrazine groups is 1. The van der Waals surface area contributed by atoms with E-state index in [4.69, 9.17) is 15.7 Å². The molecule has 33 heavy (non-hydrogen) atoms. The predicted octanol–water partition coefficient (Wildman–Crippen LogP) is 0.300. The van der Waals surface area contributed by atoms with Crippen LogP contribution in [0.3, 0.4) is 0 Å². The molecule has 0 aliphatic rings. The Bertz CT molecular complexity index is 1290. The highest BCUT2D eigenvalue weighted by atomic mass is 16.5. The fourth-order valence-corrected chi connectivity index (χ4v) is 3.56. The predicted molar refractivity (Wildman–Crippen MR) is 120 cm³/mol. The number of carboxylic acid groups (broad SMARTS) is 1. The summed E-state index contributed by atoms with van der Waals surface area (Å²) < 4.78 is 9.25. The number of aromatic nitrogens is 4. The van der Waals surface area contributed by atoms with Gasteiger partial charge in [0.05, 0.1) is 0 Å². The summed E-state index contributed by atoms with van der Waals surface area (Å²) in [7, 11) is 0. The van der Waals surface area contributed by atoms with Crippen LogP contribution in [-0.2, 0) is 29.2 Å². The molecule has 0 radical (unpaired) electrons. The lowest BCUT2D eigenvalue weighted by Gasteiger charge is -2.14. The standard InChI is InChI=1S/C21H26N6O6/c1-3-9-25-19-17(20(31)26(10-4-2)21(25)32)23-18(27(19)11-15(28)24-22)13-5-7-14(8-6-13)33-12-16(29)30/h5-8H,3-4,9-12,22H2,1-2H3,(H,24,28)(H,29,30). The van der Waals surface area contributed by atoms with Crippen LogP contribution in [0.15, 0.2) is 33.9 Å². The van der Waals surface area contributed by atoms with E-state index in [-0.39, 0.29) is 30.1 Å². The second-order valence-electron chi connectivity index (χ2n) is 7.36. The first-order chi connectivity index (χ1) is 15.8. The van der Waals surface area contributed by atoms with Crippen LogP contribution in [0.25, 0.3) is 22.6 Å². The Hall–Kier alpha value is -3.93. The summed E-state index contributed by atoms with van der Waals surface area (Å²) in [5, 5.41) is 8.76. The Kier molecular flexibility index (Phi) is 7.28. The highest BCUT2D eigenvalue weighted by Crippen LogP contribution is 2.25. The molecule has 0 saturated heterocycles. The number of aliphatic carboxylic acids is 1. The maximum absolute atomic E-state index is 13.1. The molecule has 2 heterocycles. The summed E-state index contributed by atoms with van der Waals surface area (Å²) in [6, 6.07) is 6.36. The van der Waals surface area contributed by atoms with Crippen LogP contribution in [0.4, 0.5) is 0 Å². The lowest BCUT2D eigenvalue weighted by molar-refractivity contribution is -0.139. The van der Waals surface area contributed by atoms with E-state index in [1.165, 1.54) is 9.13 Å². The number of amides is 1. The second-order valence-corrected chi connectivity index (χ2v) is 7.36. The normalized spacial score (nSPS) is 11.0. The van der Waals surface area contributed by atoms with E-state index in [0.717, 1.165) is 4.57 Å². The van der Waals surface area contributed by atoms with Crippen LogP contribution in [0.5, 0.6) is 5.75 Å². The summed E-state index contributed by atoms with van der Waals surface area (Å²) in [6.07, 6.45) is 1.21. The van der Waals surface area contributed by atoms with Crippen molar-refractivity contribution >= 4 is 23.0 Å². The first-order valence-corrected chi connectivity index (χ1v) is 10.5. The van der Waals surface area contributed by atoms with Crippen molar-refractivity contribution in [3.8, 4) is 17.1 Å². The average molecular weight is 458 g/mol. The molecule has 4 N–H and O–H groups in total. The van der Waals surface area contributed by atoms with Gasteiger partial charge in [-0.3, -0.25) is 24.1 Å². The summed E-state index contributed by atoms with van der Waals surface area (Å²) >= 11 is 0. The lowest BCUT2D eigenvalue weighted by Crippen LogP contribution is -2.41. The van der Waals surface area contributed by atoms with Crippen molar-refractivity contribution in [1.82, 2.24) is 24.1 Å². The van der Waals surface area contributed by atoms with Crippen molar-refractivity contribution in [2.75, 3.05) is 6.61 Å². The molecule has 0 fully saturated rings. The number of hydrogen-bond acceptors (Lipinski definition) is 7. The largest absolute Gasteiger partial charge is 0.482 e. The van der Waals surface area contributed by atoms with Gasteiger partial charge in [-0.25, -0.2) is 20.4 Å². The number of imidazole rings is 1. The molecular weight excluding hydrogens is 432 g/mol. The third-order valence-corrected chi connectivity index (χ3v) is 4.94. The van der Waals surface area contributed by atoms with E-state index in [1.807, 2.05) is 13.8 Å². The highest BCUT2D eigenvalue weighted by molar-refractivity contribution is 5.82. The smallest absolute Gasteiger partial charge is 0.341 e. The van der Waals surface area contributed by atoms with Gasteiger partial charge in [-0.2, -0.15) is 0 Å². The van der Waals surface area contributed by atoms with Crippen LogP contribution >= 0.6 is 0 Å². The maximum atomic E-state index is 13.1. The molecule has 1 amide bonds. The lowest BCUT2D eigenvalue weighted by atomic mass is 10.2. The van der Waals surface area contributed by atoms with Gasteiger partial charge in [0, 0.05) is 18.7 Å². The van der Waals surface area contributed by atoms with E-state index < -0.39 is 29.7 Å². The van der Waals surface area contributed by atoms with E-state index in [1.54, 1.807) is 24.3 Å². The van der Waals surface area contributed by atoms with Crippen molar-refractivity contribution < 1.29 is 19.4 Å². The number of rotatable bonds is 10. The van der Waals surface area contributed by atoms with Gasteiger partial charge in [-0.15, -0.1) is 0 Å². The number of carboxylic acids is 1. The first kappa shape index (κ1) is 23.7. The number of nitrogens with two attached hydrogens (primary N) is 1. The van der Waals surface area contributed by atoms with Crippen LogP contribution in [0.1, 0.15) is 26.7 Å². The van der Waals surface area contributed by atoms with E-state index in [0.29, 0.717) is 30.7 Å². The molecule has 3 aromatic rings. The Morgan fingerprint density at radius 3 is 2.27 bits per heavy atom. The van der Waals surface area contributed by atoms with Crippen LogP contribution < -0.4 is 27.3 Å². The Labute approximate surface area is 188 Å².